The molecule has 7 nitrogen and oxygen atoms in total. The number of urea groups is 2. The number of amides is 4. The molecule has 0 saturated carbocycles. The molecule has 0 aromatic heterocycles. The minimum atomic E-state index is -1.32. The van der Waals surface area contributed by atoms with Crippen LogP contribution in [0.25, 0.3) is 0 Å². The van der Waals surface area contributed by atoms with Gasteiger partial charge in [-0.3, -0.25) is 0 Å². The van der Waals surface area contributed by atoms with Crippen molar-refractivity contribution in [1.82, 2.24) is 15.5 Å². The van der Waals surface area contributed by atoms with E-state index in [4.69, 9.17) is 11.6 Å². The first-order valence-corrected chi connectivity index (χ1v) is 6.21. The van der Waals surface area contributed by atoms with Crippen LogP contribution in [0.1, 0.15) is 11.6 Å². The maximum atomic E-state index is 11.9. The van der Waals surface area contributed by atoms with E-state index in [9.17, 15) is 19.5 Å². The van der Waals surface area contributed by atoms with Crippen LogP contribution in [-0.4, -0.2) is 41.1 Å². The second-order valence-electron chi connectivity index (χ2n) is 4.13. The first kappa shape index (κ1) is 14.1. The highest BCUT2D eigenvalue weighted by atomic mass is 35.5. The van der Waals surface area contributed by atoms with E-state index in [1.54, 1.807) is 12.1 Å². The predicted molar refractivity (Wildman–Crippen MR) is 70.5 cm³/mol. The molecular formula is C12H12ClN3O4. The Hall–Kier alpha value is -2.28. The van der Waals surface area contributed by atoms with Crippen molar-refractivity contribution in [3.63, 3.8) is 0 Å². The van der Waals surface area contributed by atoms with Gasteiger partial charge >= 0.3 is 18.0 Å². The molecule has 20 heavy (non-hydrogen) atoms. The van der Waals surface area contributed by atoms with Crippen molar-refractivity contribution in [2.75, 3.05) is 13.1 Å². The van der Waals surface area contributed by atoms with Gasteiger partial charge in [-0.25, -0.2) is 19.3 Å². The van der Waals surface area contributed by atoms with Crippen LogP contribution in [0.2, 0.25) is 5.02 Å². The van der Waals surface area contributed by atoms with E-state index in [1.807, 2.05) is 0 Å². The summed E-state index contributed by atoms with van der Waals surface area (Å²) >= 11 is 5.93. The molecule has 1 saturated heterocycles. The normalized spacial score (nSPS) is 15.7. The number of nitrogens with one attached hydrogen (secondary N) is 2. The number of carboxylic acids is 1. The summed E-state index contributed by atoms with van der Waals surface area (Å²) in [5.74, 6) is -1.26. The molecule has 1 aromatic rings. The SMILES string of the molecule is O=C(O)C(NC(=O)N1CCNC1=O)c1ccccc1Cl. The maximum Gasteiger partial charge on any atom is 0.331 e. The third-order valence-corrected chi connectivity index (χ3v) is 3.18. The average molecular weight is 298 g/mol. The number of hydrogen-bond acceptors (Lipinski definition) is 3. The third-order valence-electron chi connectivity index (χ3n) is 2.83. The first-order chi connectivity index (χ1) is 9.50. The van der Waals surface area contributed by atoms with Gasteiger partial charge < -0.3 is 15.7 Å². The highest BCUT2D eigenvalue weighted by Gasteiger charge is 2.31. The van der Waals surface area contributed by atoms with E-state index in [-0.39, 0.29) is 17.1 Å². The van der Waals surface area contributed by atoms with Crippen LogP contribution in [0, 0.1) is 0 Å². The molecule has 8 heteroatoms. The Morgan fingerprint density at radius 1 is 1.40 bits per heavy atom. The molecule has 0 radical (unpaired) electrons. The number of benzene rings is 1. The molecule has 1 atom stereocenters. The van der Waals surface area contributed by atoms with Crippen LogP contribution in [0.4, 0.5) is 9.59 Å². The third kappa shape index (κ3) is 2.83. The molecule has 106 valence electrons. The zero-order chi connectivity index (χ0) is 14.7. The molecule has 1 unspecified atom stereocenters. The number of carbonyl (C=O) groups is 3. The molecule has 1 fully saturated rings. The Morgan fingerprint density at radius 2 is 2.10 bits per heavy atom. The van der Waals surface area contributed by atoms with E-state index in [0.29, 0.717) is 6.54 Å². The highest BCUT2D eigenvalue weighted by molar-refractivity contribution is 6.31. The molecule has 4 amide bonds. The summed E-state index contributed by atoms with van der Waals surface area (Å²) in [7, 11) is 0. The first-order valence-electron chi connectivity index (χ1n) is 5.84. The number of aliphatic carboxylic acids is 1. The van der Waals surface area contributed by atoms with Crippen LogP contribution >= 0.6 is 11.6 Å². The molecule has 1 heterocycles. The van der Waals surface area contributed by atoms with Gasteiger partial charge in [0.05, 0.1) is 0 Å². The summed E-state index contributed by atoms with van der Waals surface area (Å²) < 4.78 is 0. The highest BCUT2D eigenvalue weighted by Crippen LogP contribution is 2.23. The number of imide groups is 1. The van der Waals surface area contributed by atoms with Gasteiger partial charge in [0.15, 0.2) is 6.04 Å². The second-order valence-corrected chi connectivity index (χ2v) is 4.53. The van der Waals surface area contributed by atoms with Crippen molar-refractivity contribution in [3.8, 4) is 0 Å². The lowest BCUT2D eigenvalue weighted by Gasteiger charge is -2.19. The van der Waals surface area contributed by atoms with Crippen molar-refractivity contribution in [2.45, 2.75) is 6.04 Å². The van der Waals surface area contributed by atoms with Crippen LogP contribution in [0.5, 0.6) is 0 Å². The standard InChI is InChI=1S/C12H12ClN3O4/c13-8-4-2-1-3-7(8)9(10(17)18)15-12(20)16-6-5-14-11(16)19/h1-4,9H,5-6H2,(H,14,19)(H,15,20)(H,17,18). The minimum absolute atomic E-state index is 0.194. The van der Waals surface area contributed by atoms with Crippen molar-refractivity contribution in [2.24, 2.45) is 0 Å². The zero-order valence-electron chi connectivity index (χ0n) is 10.3. The minimum Gasteiger partial charge on any atom is -0.479 e. The molecule has 1 aliphatic heterocycles. The number of halogens is 1. The Kier molecular flexibility index (Phi) is 4.09. The molecule has 0 aliphatic carbocycles. The summed E-state index contributed by atoms with van der Waals surface area (Å²) in [6.45, 7) is 0.537. The smallest absolute Gasteiger partial charge is 0.331 e. The monoisotopic (exact) mass is 297 g/mol. The fraction of sp³-hybridized carbons (Fsp3) is 0.250. The molecule has 2 rings (SSSR count). The molecule has 1 aliphatic rings. The van der Waals surface area contributed by atoms with Gasteiger partial charge in [0.2, 0.25) is 0 Å². The summed E-state index contributed by atoms with van der Waals surface area (Å²) in [5, 5.41) is 14.2. The quantitative estimate of drug-likeness (QED) is 0.780. The van der Waals surface area contributed by atoms with Crippen LogP contribution in [-0.2, 0) is 4.79 Å². The van der Waals surface area contributed by atoms with Crippen LogP contribution in [0.3, 0.4) is 0 Å². The average Bonchev–Trinajstić information content (AvgIpc) is 2.83. The molecular weight excluding hydrogens is 286 g/mol. The summed E-state index contributed by atoms with van der Waals surface area (Å²) in [6.07, 6.45) is 0. The number of nitrogens with zero attached hydrogens (tertiary/aromatic N) is 1. The van der Waals surface area contributed by atoms with E-state index in [1.165, 1.54) is 12.1 Å². The van der Waals surface area contributed by atoms with Gasteiger partial charge in [0.1, 0.15) is 0 Å². The Labute approximate surface area is 119 Å². The van der Waals surface area contributed by atoms with Crippen molar-refractivity contribution < 1.29 is 19.5 Å². The number of carbonyl (C=O) groups excluding carboxylic acids is 2. The summed E-state index contributed by atoms with van der Waals surface area (Å²) in [5.41, 5.74) is 0.259. The summed E-state index contributed by atoms with van der Waals surface area (Å²) in [6, 6.07) is 3.67. The van der Waals surface area contributed by atoms with Gasteiger partial charge in [-0.2, -0.15) is 0 Å². The van der Waals surface area contributed by atoms with Gasteiger partial charge in [-0.15, -0.1) is 0 Å². The van der Waals surface area contributed by atoms with Gasteiger partial charge in [-0.1, -0.05) is 29.8 Å². The number of rotatable bonds is 3. The topological polar surface area (TPSA) is 98.7 Å². The number of hydrogen-bond donors (Lipinski definition) is 3. The molecule has 3 N–H and O–H groups in total. The van der Waals surface area contributed by atoms with Crippen molar-refractivity contribution in [1.29, 1.82) is 0 Å². The predicted octanol–water partition coefficient (Wildman–Crippen LogP) is 1.20. The van der Waals surface area contributed by atoms with Gasteiger partial charge in [-0.05, 0) is 6.07 Å². The lowest BCUT2D eigenvalue weighted by molar-refractivity contribution is -0.139. The second kappa shape index (κ2) is 5.79. The molecule has 1 aromatic carbocycles. The van der Waals surface area contributed by atoms with Gasteiger partial charge in [0.25, 0.3) is 0 Å². The van der Waals surface area contributed by atoms with Crippen molar-refractivity contribution >= 4 is 29.6 Å². The lowest BCUT2D eigenvalue weighted by atomic mass is 10.1. The fourth-order valence-electron chi connectivity index (χ4n) is 1.85. The Bertz CT molecular complexity index is 563. The van der Waals surface area contributed by atoms with E-state index in [2.05, 4.69) is 10.6 Å². The molecule has 0 bridgehead atoms. The maximum absolute atomic E-state index is 11.9. The Morgan fingerprint density at radius 3 is 2.65 bits per heavy atom. The van der Waals surface area contributed by atoms with E-state index < -0.39 is 24.1 Å². The lowest BCUT2D eigenvalue weighted by Crippen LogP contribution is -2.45. The number of carboxylic acid groups (broad SMARTS) is 1. The van der Waals surface area contributed by atoms with Crippen molar-refractivity contribution in [3.05, 3.63) is 34.9 Å². The van der Waals surface area contributed by atoms with Gasteiger partial charge in [0, 0.05) is 23.7 Å². The van der Waals surface area contributed by atoms with Crippen LogP contribution in [0.15, 0.2) is 24.3 Å². The largest absolute Gasteiger partial charge is 0.479 e. The van der Waals surface area contributed by atoms with E-state index >= 15 is 0 Å². The Balaban J connectivity index is 2.18. The van der Waals surface area contributed by atoms with E-state index in [0.717, 1.165) is 4.90 Å². The molecule has 0 spiro atoms. The zero-order valence-corrected chi connectivity index (χ0v) is 11.1. The fourth-order valence-corrected chi connectivity index (χ4v) is 2.09. The summed E-state index contributed by atoms with van der Waals surface area (Å²) in [4.78, 5) is 35.5. The van der Waals surface area contributed by atoms with Crippen LogP contribution < -0.4 is 10.6 Å².